The normalized spacial score (nSPS) is 19.9. The SMILES string of the molecule is N[C@H]1C[C@@H]1c1ccc(-c2ccccc2)c(-c2ccccc2)c1. The Hall–Kier alpha value is -2.38. The van der Waals surface area contributed by atoms with Crippen molar-refractivity contribution in [3.05, 3.63) is 84.4 Å². The molecule has 1 fully saturated rings. The van der Waals surface area contributed by atoms with Crippen LogP contribution in [0, 0.1) is 0 Å². The van der Waals surface area contributed by atoms with E-state index in [0.29, 0.717) is 12.0 Å². The maximum Gasteiger partial charge on any atom is 0.0115 e. The Kier molecular flexibility index (Phi) is 3.28. The maximum absolute atomic E-state index is 6.04. The van der Waals surface area contributed by atoms with Gasteiger partial charge in [-0.15, -0.1) is 0 Å². The smallest absolute Gasteiger partial charge is 0.0115 e. The van der Waals surface area contributed by atoms with Crippen LogP contribution in [0.1, 0.15) is 17.9 Å². The van der Waals surface area contributed by atoms with E-state index in [1.165, 1.54) is 27.8 Å². The van der Waals surface area contributed by atoms with Gasteiger partial charge in [0.25, 0.3) is 0 Å². The minimum absolute atomic E-state index is 0.339. The van der Waals surface area contributed by atoms with Crippen molar-refractivity contribution in [1.29, 1.82) is 0 Å². The first kappa shape index (κ1) is 13.3. The Morgan fingerprint density at radius 1 is 0.682 bits per heavy atom. The van der Waals surface area contributed by atoms with Crippen LogP contribution in [0.25, 0.3) is 22.3 Å². The molecule has 1 heteroatoms. The van der Waals surface area contributed by atoms with E-state index in [-0.39, 0.29) is 0 Å². The zero-order valence-corrected chi connectivity index (χ0v) is 12.4. The van der Waals surface area contributed by atoms with Crippen molar-refractivity contribution in [3.8, 4) is 22.3 Å². The lowest BCUT2D eigenvalue weighted by atomic mass is 9.92. The van der Waals surface area contributed by atoms with Gasteiger partial charge in [0.05, 0.1) is 0 Å². The lowest BCUT2D eigenvalue weighted by molar-refractivity contribution is 0.991. The van der Waals surface area contributed by atoms with Crippen LogP contribution >= 0.6 is 0 Å². The van der Waals surface area contributed by atoms with Crippen LogP contribution in [0.5, 0.6) is 0 Å². The van der Waals surface area contributed by atoms with Gasteiger partial charge in [-0.2, -0.15) is 0 Å². The van der Waals surface area contributed by atoms with Gasteiger partial charge in [-0.1, -0.05) is 78.9 Å². The van der Waals surface area contributed by atoms with Gasteiger partial charge in [0.2, 0.25) is 0 Å². The van der Waals surface area contributed by atoms with Crippen molar-refractivity contribution in [2.45, 2.75) is 18.4 Å². The van der Waals surface area contributed by atoms with Crippen molar-refractivity contribution in [3.63, 3.8) is 0 Å². The summed E-state index contributed by atoms with van der Waals surface area (Å²) in [5.74, 6) is 0.535. The quantitative estimate of drug-likeness (QED) is 0.732. The molecule has 0 radical (unpaired) electrons. The Labute approximate surface area is 131 Å². The van der Waals surface area contributed by atoms with Crippen LogP contribution in [0.4, 0.5) is 0 Å². The van der Waals surface area contributed by atoms with Gasteiger partial charge in [-0.25, -0.2) is 0 Å². The lowest BCUT2D eigenvalue weighted by Gasteiger charge is -2.13. The third-order valence-corrected chi connectivity index (χ3v) is 4.48. The Bertz CT molecular complexity index is 778. The highest BCUT2D eigenvalue weighted by atomic mass is 14.7. The van der Waals surface area contributed by atoms with Gasteiger partial charge in [-0.05, 0) is 34.2 Å². The molecule has 0 spiro atoms. The fourth-order valence-corrected chi connectivity index (χ4v) is 3.12. The monoisotopic (exact) mass is 285 g/mol. The molecule has 1 saturated carbocycles. The van der Waals surface area contributed by atoms with Gasteiger partial charge < -0.3 is 5.73 Å². The average molecular weight is 285 g/mol. The number of benzene rings is 3. The molecule has 0 heterocycles. The third kappa shape index (κ3) is 2.44. The van der Waals surface area contributed by atoms with Gasteiger partial charge >= 0.3 is 0 Å². The highest BCUT2D eigenvalue weighted by Gasteiger charge is 2.35. The van der Waals surface area contributed by atoms with E-state index in [2.05, 4.69) is 78.9 Å². The maximum atomic E-state index is 6.04. The second-order valence-electron chi connectivity index (χ2n) is 6.04. The molecule has 4 rings (SSSR count). The Morgan fingerprint density at radius 3 is 1.77 bits per heavy atom. The van der Waals surface area contributed by atoms with Crippen molar-refractivity contribution in [2.75, 3.05) is 0 Å². The van der Waals surface area contributed by atoms with E-state index in [9.17, 15) is 0 Å². The summed E-state index contributed by atoms with van der Waals surface area (Å²) in [5.41, 5.74) is 12.5. The molecule has 1 aliphatic carbocycles. The lowest BCUT2D eigenvalue weighted by Crippen LogP contribution is -2.01. The largest absolute Gasteiger partial charge is 0.327 e. The first-order valence-corrected chi connectivity index (χ1v) is 7.83. The van der Waals surface area contributed by atoms with Crippen molar-refractivity contribution < 1.29 is 0 Å². The molecule has 0 amide bonds. The average Bonchev–Trinajstić information content (AvgIpc) is 3.33. The number of hydrogen-bond donors (Lipinski definition) is 1. The zero-order chi connectivity index (χ0) is 14.9. The summed E-state index contributed by atoms with van der Waals surface area (Å²) in [6, 6.07) is 28.4. The molecule has 3 aromatic carbocycles. The summed E-state index contributed by atoms with van der Waals surface area (Å²) in [6.07, 6.45) is 1.11. The van der Waals surface area contributed by atoms with Gasteiger partial charge in [0.1, 0.15) is 0 Å². The molecule has 0 saturated heterocycles. The molecule has 0 bridgehead atoms. The molecule has 3 aromatic rings. The van der Waals surface area contributed by atoms with E-state index < -0.39 is 0 Å². The van der Waals surface area contributed by atoms with Crippen molar-refractivity contribution in [2.24, 2.45) is 5.73 Å². The summed E-state index contributed by atoms with van der Waals surface area (Å²) >= 11 is 0. The highest BCUT2D eigenvalue weighted by Crippen LogP contribution is 2.42. The number of hydrogen-bond acceptors (Lipinski definition) is 1. The van der Waals surface area contributed by atoms with Crippen molar-refractivity contribution in [1.82, 2.24) is 0 Å². The Balaban J connectivity index is 1.87. The summed E-state index contributed by atoms with van der Waals surface area (Å²) in [5, 5.41) is 0. The highest BCUT2D eigenvalue weighted by molar-refractivity contribution is 5.84. The van der Waals surface area contributed by atoms with E-state index in [1.807, 2.05) is 0 Å². The second kappa shape index (κ2) is 5.43. The fraction of sp³-hybridized carbons (Fsp3) is 0.143. The van der Waals surface area contributed by atoms with Crippen LogP contribution in [0.2, 0.25) is 0 Å². The standard InChI is InChI=1S/C21H19N/c22-21-14-20(21)17-11-12-18(15-7-3-1-4-8-15)19(13-17)16-9-5-2-6-10-16/h1-13,20-21H,14,22H2/t20-,21+/m1/s1. The predicted molar refractivity (Wildman–Crippen MR) is 92.6 cm³/mol. The van der Waals surface area contributed by atoms with Crippen LogP contribution < -0.4 is 5.73 Å². The van der Waals surface area contributed by atoms with Gasteiger partial charge in [0, 0.05) is 12.0 Å². The Morgan fingerprint density at radius 2 is 1.23 bits per heavy atom. The summed E-state index contributed by atoms with van der Waals surface area (Å²) in [4.78, 5) is 0. The summed E-state index contributed by atoms with van der Waals surface area (Å²) < 4.78 is 0. The van der Waals surface area contributed by atoms with Gasteiger partial charge in [0.15, 0.2) is 0 Å². The molecule has 22 heavy (non-hydrogen) atoms. The second-order valence-corrected chi connectivity index (χ2v) is 6.04. The predicted octanol–water partition coefficient (Wildman–Crippen LogP) is 4.84. The topological polar surface area (TPSA) is 26.0 Å². The molecule has 0 aromatic heterocycles. The molecule has 2 atom stereocenters. The minimum atomic E-state index is 0.339. The molecule has 2 N–H and O–H groups in total. The molecule has 0 unspecified atom stereocenters. The summed E-state index contributed by atoms with van der Waals surface area (Å²) in [6.45, 7) is 0. The molecular weight excluding hydrogens is 266 g/mol. The third-order valence-electron chi connectivity index (χ3n) is 4.48. The number of nitrogens with two attached hydrogens (primary N) is 1. The first-order chi connectivity index (χ1) is 10.8. The van der Waals surface area contributed by atoms with E-state index in [4.69, 9.17) is 5.73 Å². The first-order valence-electron chi connectivity index (χ1n) is 7.83. The van der Waals surface area contributed by atoms with E-state index >= 15 is 0 Å². The molecule has 1 aliphatic rings. The van der Waals surface area contributed by atoms with E-state index in [0.717, 1.165) is 6.42 Å². The molecule has 108 valence electrons. The van der Waals surface area contributed by atoms with Crippen LogP contribution in [-0.4, -0.2) is 6.04 Å². The fourth-order valence-electron chi connectivity index (χ4n) is 3.12. The minimum Gasteiger partial charge on any atom is -0.327 e. The zero-order valence-electron chi connectivity index (χ0n) is 12.4. The van der Waals surface area contributed by atoms with Crippen LogP contribution in [-0.2, 0) is 0 Å². The van der Waals surface area contributed by atoms with E-state index in [1.54, 1.807) is 0 Å². The molecular formula is C21H19N. The number of rotatable bonds is 3. The molecule has 1 nitrogen and oxygen atoms in total. The molecule has 0 aliphatic heterocycles. The van der Waals surface area contributed by atoms with Crippen LogP contribution in [0.3, 0.4) is 0 Å². The van der Waals surface area contributed by atoms with Crippen LogP contribution in [0.15, 0.2) is 78.9 Å². The van der Waals surface area contributed by atoms with Gasteiger partial charge in [-0.3, -0.25) is 0 Å². The van der Waals surface area contributed by atoms with Crippen molar-refractivity contribution >= 4 is 0 Å². The summed E-state index contributed by atoms with van der Waals surface area (Å²) in [7, 11) is 0.